The van der Waals surface area contributed by atoms with Crippen LogP contribution in [0.15, 0.2) is 62.5 Å². The first kappa shape index (κ1) is 22.9. The van der Waals surface area contributed by atoms with Gasteiger partial charge in [0.15, 0.2) is 17.3 Å². The minimum Gasteiger partial charge on any atom is -0.507 e. The monoisotopic (exact) mass is 525 g/mol. The average Bonchev–Trinajstić information content (AvgIpc) is 3.35. The Labute approximate surface area is 218 Å². The van der Waals surface area contributed by atoms with E-state index in [-0.39, 0.29) is 45.6 Å². The van der Waals surface area contributed by atoms with E-state index in [2.05, 4.69) is 0 Å². The van der Waals surface area contributed by atoms with Gasteiger partial charge in [0.05, 0.1) is 11.9 Å². The Morgan fingerprint density at radius 1 is 0.897 bits per heavy atom. The van der Waals surface area contributed by atoms with Crippen LogP contribution in [-0.2, 0) is 17.8 Å². The normalized spacial score (nSPS) is 16.0. The van der Waals surface area contributed by atoms with Crippen LogP contribution in [0.1, 0.15) is 29.0 Å². The van der Waals surface area contributed by atoms with Gasteiger partial charge in [0.2, 0.25) is 11.2 Å². The topological polar surface area (TPSA) is 159 Å². The average molecular weight is 525 g/mol. The predicted octanol–water partition coefficient (Wildman–Crippen LogP) is 3.59. The van der Waals surface area contributed by atoms with Crippen molar-refractivity contribution in [3.8, 4) is 40.1 Å². The lowest BCUT2D eigenvalue weighted by molar-refractivity contribution is -0.135. The summed E-state index contributed by atoms with van der Waals surface area (Å²) in [5, 5.41) is 41.5. The van der Waals surface area contributed by atoms with Crippen molar-refractivity contribution in [3.63, 3.8) is 0 Å². The van der Waals surface area contributed by atoms with Gasteiger partial charge in [0, 0.05) is 35.2 Å². The second-order valence-corrected chi connectivity index (χ2v) is 9.72. The number of ether oxygens (including phenoxy) is 1. The number of fused-ring (bicyclic) bond motifs is 3. The SMILES string of the molecule is O=C1C[C@@H](c2cc3cccc4c3n(c2=O)CC4)c2c(cc(O)c3c(=O)c(O)c(-c4ccc(O)c(O)c4)oc23)O1. The zero-order valence-electron chi connectivity index (χ0n) is 20.1. The van der Waals surface area contributed by atoms with Gasteiger partial charge in [-0.15, -0.1) is 0 Å². The summed E-state index contributed by atoms with van der Waals surface area (Å²) in [5.74, 6) is -4.29. The molecule has 4 N–H and O–H groups in total. The van der Waals surface area contributed by atoms with Crippen LogP contribution in [0.5, 0.6) is 28.7 Å². The predicted molar refractivity (Wildman–Crippen MR) is 139 cm³/mol. The Bertz CT molecular complexity index is 2040. The van der Waals surface area contributed by atoms with Gasteiger partial charge in [-0.3, -0.25) is 14.4 Å². The summed E-state index contributed by atoms with van der Waals surface area (Å²) in [7, 11) is 0. The second-order valence-electron chi connectivity index (χ2n) is 9.72. The van der Waals surface area contributed by atoms with E-state index in [1.807, 2.05) is 18.2 Å². The largest absolute Gasteiger partial charge is 0.507 e. The molecule has 5 aromatic rings. The maximum absolute atomic E-state index is 13.7. The molecule has 4 heterocycles. The minimum absolute atomic E-state index is 0.0646. The van der Waals surface area contributed by atoms with E-state index >= 15 is 0 Å². The number of pyridine rings is 1. The van der Waals surface area contributed by atoms with Crippen molar-refractivity contribution in [2.75, 3.05) is 0 Å². The molecule has 0 saturated heterocycles. The highest BCUT2D eigenvalue weighted by atomic mass is 16.5. The highest BCUT2D eigenvalue weighted by molar-refractivity contribution is 5.95. The number of phenols is 3. The van der Waals surface area contributed by atoms with Gasteiger partial charge in [0.25, 0.3) is 5.56 Å². The van der Waals surface area contributed by atoms with E-state index in [1.54, 1.807) is 10.6 Å². The zero-order valence-corrected chi connectivity index (χ0v) is 20.1. The Morgan fingerprint density at radius 2 is 1.72 bits per heavy atom. The van der Waals surface area contributed by atoms with E-state index in [1.165, 1.54) is 6.07 Å². The fraction of sp³-hybridized carbons (Fsp3) is 0.138. The standard InChI is InChI=1S/C29H19NO9/c31-17-5-4-14(9-18(17)32)27-26(36)25(35)23-19(33)11-20-22(28(23)39-27)15(10-21(34)38-20)16-8-13-3-1-2-12-6-7-30(24(12)13)29(16)37/h1-5,8-9,11,15,31-33,36H,6-7,10H2/t15-/m0/s1. The summed E-state index contributed by atoms with van der Waals surface area (Å²) in [4.78, 5) is 39.7. The number of benzene rings is 3. The van der Waals surface area contributed by atoms with Gasteiger partial charge in [0.1, 0.15) is 22.5 Å². The number of rotatable bonds is 2. The molecule has 194 valence electrons. The van der Waals surface area contributed by atoms with Crippen LogP contribution in [0, 0.1) is 0 Å². The molecule has 0 unspecified atom stereocenters. The van der Waals surface area contributed by atoms with Crippen LogP contribution in [0.25, 0.3) is 33.2 Å². The first-order chi connectivity index (χ1) is 18.7. The number of carbonyl (C=O) groups is 1. The highest BCUT2D eigenvalue weighted by Crippen LogP contribution is 2.47. The lowest BCUT2D eigenvalue weighted by atomic mass is 9.85. The molecular formula is C29H19NO9. The molecule has 0 saturated carbocycles. The lowest BCUT2D eigenvalue weighted by Gasteiger charge is -2.26. The van der Waals surface area contributed by atoms with Crippen LogP contribution in [0.2, 0.25) is 0 Å². The second kappa shape index (κ2) is 7.87. The molecule has 0 amide bonds. The molecule has 2 aromatic heterocycles. The number of aromatic nitrogens is 1. The van der Waals surface area contributed by atoms with Gasteiger partial charge in [-0.05, 0) is 41.6 Å². The first-order valence-electron chi connectivity index (χ1n) is 12.2. The molecule has 10 nitrogen and oxygen atoms in total. The number of hydrogen-bond acceptors (Lipinski definition) is 9. The van der Waals surface area contributed by atoms with E-state index in [9.17, 15) is 34.8 Å². The molecule has 0 radical (unpaired) electrons. The van der Waals surface area contributed by atoms with Crippen molar-refractivity contribution in [2.45, 2.75) is 25.3 Å². The smallest absolute Gasteiger partial charge is 0.312 e. The van der Waals surface area contributed by atoms with Crippen LogP contribution < -0.4 is 15.7 Å². The Morgan fingerprint density at radius 3 is 2.51 bits per heavy atom. The maximum Gasteiger partial charge on any atom is 0.312 e. The summed E-state index contributed by atoms with van der Waals surface area (Å²) >= 11 is 0. The molecule has 2 aliphatic heterocycles. The highest BCUT2D eigenvalue weighted by Gasteiger charge is 2.36. The summed E-state index contributed by atoms with van der Waals surface area (Å²) in [6.07, 6.45) is 0.473. The zero-order chi connectivity index (χ0) is 27.2. The van der Waals surface area contributed by atoms with Crippen molar-refractivity contribution in [1.29, 1.82) is 0 Å². The molecule has 39 heavy (non-hydrogen) atoms. The van der Waals surface area contributed by atoms with Gasteiger partial charge in [-0.2, -0.15) is 0 Å². The molecule has 2 aliphatic rings. The Balaban J connectivity index is 1.56. The number of aryl methyl sites for hydroxylation is 2. The Kier molecular flexibility index (Phi) is 4.63. The minimum atomic E-state index is -0.965. The summed E-state index contributed by atoms with van der Waals surface area (Å²) < 4.78 is 13.1. The first-order valence-corrected chi connectivity index (χ1v) is 12.2. The third kappa shape index (κ3) is 3.18. The number of hydrogen-bond donors (Lipinski definition) is 4. The van der Waals surface area contributed by atoms with Crippen molar-refractivity contribution in [2.24, 2.45) is 0 Å². The molecule has 1 atom stereocenters. The third-order valence-corrected chi connectivity index (χ3v) is 7.51. The number of para-hydroxylation sites is 1. The molecule has 10 heteroatoms. The van der Waals surface area contributed by atoms with Crippen molar-refractivity contribution in [3.05, 3.63) is 85.8 Å². The quantitative estimate of drug-likeness (QED) is 0.153. The fourth-order valence-electron chi connectivity index (χ4n) is 5.75. The van der Waals surface area contributed by atoms with Crippen LogP contribution in [0.4, 0.5) is 0 Å². The van der Waals surface area contributed by atoms with Gasteiger partial charge >= 0.3 is 5.97 Å². The van der Waals surface area contributed by atoms with Crippen molar-refractivity contribution in [1.82, 2.24) is 4.57 Å². The lowest BCUT2D eigenvalue weighted by Crippen LogP contribution is -2.29. The molecular weight excluding hydrogens is 506 g/mol. The molecule has 0 bridgehead atoms. The number of nitrogens with zero attached hydrogens (tertiary/aromatic N) is 1. The van der Waals surface area contributed by atoms with Gasteiger partial charge in [-0.1, -0.05) is 18.2 Å². The molecule has 3 aromatic carbocycles. The fourth-order valence-corrected chi connectivity index (χ4v) is 5.75. The number of esters is 1. The van der Waals surface area contributed by atoms with E-state index in [0.29, 0.717) is 18.5 Å². The molecule has 0 aliphatic carbocycles. The van der Waals surface area contributed by atoms with Crippen molar-refractivity contribution < 1.29 is 34.4 Å². The number of aromatic hydroxyl groups is 4. The summed E-state index contributed by atoms with van der Waals surface area (Å²) in [5.41, 5.74) is 1.02. The van der Waals surface area contributed by atoms with Crippen LogP contribution in [0.3, 0.4) is 0 Å². The third-order valence-electron chi connectivity index (χ3n) is 7.51. The summed E-state index contributed by atoms with van der Waals surface area (Å²) in [6.45, 7) is 0.486. The van der Waals surface area contributed by atoms with Crippen molar-refractivity contribution >= 4 is 27.8 Å². The summed E-state index contributed by atoms with van der Waals surface area (Å²) in [6, 6.07) is 12.2. The van der Waals surface area contributed by atoms with Crippen LogP contribution in [-0.4, -0.2) is 31.0 Å². The van der Waals surface area contributed by atoms with E-state index in [4.69, 9.17) is 9.15 Å². The van der Waals surface area contributed by atoms with E-state index in [0.717, 1.165) is 34.7 Å². The van der Waals surface area contributed by atoms with E-state index < -0.39 is 40.3 Å². The van der Waals surface area contributed by atoms with Gasteiger partial charge < -0.3 is 34.1 Å². The van der Waals surface area contributed by atoms with Crippen LogP contribution >= 0.6 is 0 Å². The Hall–Kier alpha value is -5.25. The number of carbonyl (C=O) groups excluding carboxylic acids is 1. The molecule has 7 rings (SSSR count). The molecule has 0 spiro atoms. The maximum atomic E-state index is 13.7. The van der Waals surface area contributed by atoms with Gasteiger partial charge in [-0.25, -0.2) is 0 Å². The molecule has 0 fully saturated rings. The number of phenolic OH excluding ortho intramolecular Hbond substituents is 3.